The van der Waals surface area contributed by atoms with Crippen molar-refractivity contribution in [3.05, 3.63) is 29.6 Å². The van der Waals surface area contributed by atoms with E-state index in [1.807, 2.05) is 19.1 Å². The molecule has 2 heterocycles. The van der Waals surface area contributed by atoms with Crippen LogP contribution in [0.25, 0.3) is 0 Å². The van der Waals surface area contributed by atoms with Gasteiger partial charge in [-0.15, -0.1) is 0 Å². The van der Waals surface area contributed by atoms with Gasteiger partial charge in [0.2, 0.25) is 5.91 Å². The molecule has 98 valence electrons. The van der Waals surface area contributed by atoms with E-state index in [0.717, 1.165) is 30.8 Å². The minimum Gasteiger partial charge on any atom is -0.353 e. The Kier molecular flexibility index (Phi) is 4.28. The van der Waals surface area contributed by atoms with Gasteiger partial charge in [-0.1, -0.05) is 13.0 Å². The average molecular weight is 248 g/mol. The molecule has 1 saturated heterocycles. The number of piperazine rings is 1. The first-order chi connectivity index (χ1) is 8.76. The maximum Gasteiger partial charge on any atom is 0.237 e. The number of carbonyl (C=O) groups excluding carboxylic acids is 1. The van der Waals surface area contributed by atoms with Crippen molar-refractivity contribution in [3.63, 3.8) is 0 Å². The molecule has 1 aromatic heterocycles. The molecule has 1 amide bonds. The van der Waals surface area contributed by atoms with Crippen LogP contribution < -0.4 is 11.1 Å². The van der Waals surface area contributed by atoms with Gasteiger partial charge < -0.3 is 11.1 Å². The number of amides is 1. The Bertz CT molecular complexity index is 421. The summed E-state index contributed by atoms with van der Waals surface area (Å²) in [4.78, 5) is 18.3. The summed E-state index contributed by atoms with van der Waals surface area (Å²) in [6.45, 7) is 4.81. The monoisotopic (exact) mass is 248 g/mol. The van der Waals surface area contributed by atoms with Crippen molar-refractivity contribution in [2.24, 2.45) is 5.73 Å². The highest BCUT2D eigenvalue weighted by Crippen LogP contribution is 2.15. The van der Waals surface area contributed by atoms with Gasteiger partial charge in [0.15, 0.2) is 0 Å². The van der Waals surface area contributed by atoms with E-state index in [4.69, 9.17) is 5.73 Å². The lowest BCUT2D eigenvalue weighted by atomic mass is 10.1. The van der Waals surface area contributed by atoms with Crippen LogP contribution in [-0.2, 0) is 17.9 Å². The van der Waals surface area contributed by atoms with Gasteiger partial charge in [-0.25, -0.2) is 0 Å². The van der Waals surface area contributed by atoms with E-state index in [2.05, 4.69) is 15.2 Å². The zero-order chi connectivity index (χ0) is 13.0. The van der Waals surface area contributed by atoms with Crippen molar-refractivity contribution in [2.75, 3.05) is 13.1 Å². The summed E-state index contributed by atoms with van der Waals surface area (Å²) >= 11 is 0. The van der Waals surface area contributed by atoms with Gasteiger partial charge in [0, 0.05) is 32.4 Å². The largest absolute Gasteiger partial charge is 0.353 e. The van der Waals surface area contributed by atoms with Crippen LogP contribution in [0.1, 0.15) is 24.6 Å². The molecule has 0 saturated carbocycles. The van der Waals surface area contributed by atoms with Gasteiger partial charge in [0.05, 0.1) is 11.7 Å². The van der Waals surface area contributed by atoms with Gasteiger partial charge >= 0.3 is 0 Å². The molecule has 0 aromatic carbocycles. The molecule has 0 aliphatic carbocycles. The predicted molar refractivity (Wildman–Crippen MR) is 69.6 cm³/mol. The summed E-state index contributed by atoms with van der Waals surface area (Å²) in [5.74, 6) is 0.127. The molecule has 0 bridgehead atoms. The quantitative estimate of drug-likeness (QED) is 0.801. The van der Waals surface area contributed by atoms with Gasteiger partial charge in [0.25, 0.3) is 0 Å². The molecular formula is C13H20N4O. The molecule has 2 rings (SSSR count). The van der Waals surface area contributed by atoms with E-state index in [-0.39, 0.29) is 11.9 Å². The van der Waals surface area contributed by atoms with Gasteiger partial charge in [-0.3, -0.25) is 14.7 Å². The number of nitrogens with two attached hydrogens (primary N) is 1. The molecule has 1 aliphatic rings. The van der Waals surface area contributed by atoms with Crippen LogP contribution in [0.3, 0.4) is 0 Å². The van der Waals surface area contributed by atoms with Crippen molar-refractivity contribution < 1.29 is 4.79 Å². The number of nitrogens with one attached hydrogen (secondary N) is 1. The molecular weight excluding hydrogens is 228 g/mol. The summed E-state index contributed by atoms with van der Waals surface area (Å²) in [5, 5.41) is 2.91. The van der Waals surface area contributed by atoms with Gasteiger partial charge in [0.1, 0.15) is 0 Å². The first-order valence-corrected chi connectivity index (χ1v) is 6.40. The Morgan fingerprint density at radius 3 is 3.17 bits per heavy atom. The third-order valence-electron chi connectivity index (χ3n) is 3.38. The molecule has 0 radical (unpaired) electrons. The normalized spacial score (nSPS) is 20.8. The van der Waals surface area contributed by atoms with Gasteiger partial charge in [-0.05, 0) is 18.1 Å². The Morgan fingerprint density at radius 1 is 1.61 bits per heavy atom. The smallest absolute Gasteiger partial charge is 0.237 e. The number of hydrogen-bond acceptors (Lipinski definition) is 4. The highest BCUT2D eigenvalue weighted by molar-refractivity contribution is 5.82. The number of carbonyl (C=O) groups is 1. The van der Waals surface area contributed by atoms with Crippen LogP contribution in [0.2, 0.25) is 0 Å². The Labute approximate surface area is 107 Å². The maximum absolute atomic E-state index is 11.8. The summed E-state index contributed by atoms with van der Waals surface area (Å²) < 4.78 is 0. The second-order valence-electron chi connectivity index (χ2n) is 4.50. The van der Waals surface area contributed by atoms with E-state index in [9.17, 15) is 4.79 Å². The number of hydrogen-bond donors (Lipinski definition) is 2. The Balaban J connectivity index is 2.14. The van der Waals surface area contributed by atoms with E-state index >= 15 is 0 Å². The second kappa shape index (κ2) is 5.93. The third kappa shape index (κ3) is 2.68. The molecule has 1 atom stereocenters. The van der Waals surface area contributed by atoms with Crippen molar-refractivity contribution in [2.45, 2.75) is 32.5 Å². The van der Waals surface area contributed by atoms with E-state index in [1.54, 1.807) is 6.20 Å². The zero-order valence-corrected chi connectivity index (χ0v) is 10.7. The molecule has 5 nitrogen and oxygen atoms in total. The van der Waals surface area contributed by atoms with Crippen LogP contribution in [0.5, 0.6) is 0 Å². The van der Waals surface area contributed by atoms with Crippen LogP contribution in [-0.4, -0.2) is 34.9 Å². The standard InChI is InChI=1S/C13H20N4O/c1-2-12-13(18)16-6-7-17(12)9-10-4-3-5-15-11(10)8-14/h3-5,12H,2,6-9,14H2,1H3,(H,16,18). The number of aromatic nitrogens is 1. The molecule has 3 N–H and O–H groups in total. The molecule has 18 heavy (non-hydrogen) atoms. The molecule has 5 heteroatoms. The highest BCUT2D eigenvalue weighted by Gasteiger charge is 2.28. The van der Waals surface area contributed by atoms with Crippen molar-refractivity contribution >= 4 is 5.91 Å². The predicted octanol–water partition coefficient (Wildman–Crippen LogP) is 0.251. The van der Waals surface area contributed by atoms with Crippen molar-refractivity contribution in [3.8, 4) is 0 Å². The summed E-state index contributed by atoms with van der Waals surface area (Å²) in [6, 6.07) is 3.91. The lowest BCUT2D eigenvalue weighted by Crippen LogP contribution is -2.54. The highest BCUT2D eigenvalue weighted by atomic mass is 16.2. The zero-order valence-electron chi connectivity index (χ0n) is 10.7. The van der Waals surface area contributed by atoms with Gasteiger partial charge in [-0.2, -0.15) is 0 Å². The first-order valence-electron chi connectivity index (χ1n) is 6.40. The van der Waals surface area contributed by atoms with E-state index in [0.29, 0.717) is 13.1 Å². The summed E-state index contributed by atoms with van der Waals surface area (Å²) in [7, 11) is 0. The second-order valence-corrected chi connectivity index (χ2v) is 4.50. The molecule has 1 unspecified atom stereocenters. The molecule has 0 spiro atoms. The fraction of sp³-hybridized carbons (Fsp3) is 0.538. The van der Waals surface area contributed by atoms with Crippen LogP contribution in [0.4, 0.5) is 0 Å². The van der Waals surface area contributed by atoms with E-state index in [1.165, 1.54) is 0 Å². The van der Waals surface area contributed by atoms with Crippen LogP contribution in [0, 0.1) is 0 Å². The topological polar surface area (TPSA) is 71.2 Å². The molecule has 1 aromatic rings. The number of rotatable bonds is 4. The minimum atomic E-state index is -0.0374. The third-order valence-corrected chi connectivity index (χ3v) is 3.38. The van der Waals surface area contributed by atoms with E-state index < -0.39 is 0 Å². The van der Waals surface area contributed by atoms with Crippen LogP contribution in [0.15, 0.2) is 18.3 Å². The Hall–Kier alpha value is -1.46. The lowest BCUT2D eigenvalue weighted by Gasteiger charge is -2.34. The average Bonchev–Trinajstić information content (AvgIpc) is 2.40. The molecule has 1 fully saturated rings. The van der Waals surface area contributed by atoms with Crippen molar-refractivity contribution in [1.29, 1.82) is 0 Å². The SMILES string of the molecule is CCC1C(=O)NCCN1Cc1cccnc1CN. The fourth-order valence-electron chi connectivity index (χ4n) is 2.41. The van der Waals surface area contributed by atoms with Crippen LogP contribution >= 0.6 is 0 Å². The number of pyridine rings is 1. The van der Waals surface area contributed by atoms with Crippen molar-refractivity contribution in [1.82, 2.24) is 15.2 Å². The Morgan fingerprint density at radius 2 is 2.44 bits per heavy atom. The first kappa shape index (κ1) is 13.0. The minimum absolute atomic E-state index is 0.0374. The molecule has 1 aliphatic heterocycles. The lowest BCUT2D eigenvalue weighted by molar-refractivity contribution is -0.129. The maximum atomic E-state index is 11.8. The number of nitrogens with zero attached hydrogens (tertiary/aromatic N) is 2. The fourth-order valence-corrected chi connectivity index (χ4v) is 2.41. The summed E-state index contributed by atoms with van der Waals surface area (Å²) in [6.07, 6.45) is 2.58. The summed E-state index contributed by atoms with van der Waals surface area (Å²) in [5.41, 5.74) is 7.72.